The van der Waals surface area contributed by atoms with Gasteiger partial charge in [-0.1, -0.05) is 24.6 Å². The molecule has 1 aliphatic heterocycles. The van der Waals surface area contributed by atoms with Crippen molar-refractivity contribution in [2.45, 2.75) is 44.8 Å². The SMILES string of the molecule is CN=C(NCCCN1CCCCC1C)NCC(O)c1cc2ccccc2s1.I. The van der Waals surface area contributed by atoms with E-state index < -0.39 is 6.10 Å². The summed E-state index contributed by atoms with van der Waals surface area (Å²) in [6, 6.07) is 11.0. The first-order chi connectivity index (χ1) is 13.2. The van der Waals surface area contributed by atoms with Crippen LogP contribution >= 0.6 is 35.3 Å². The van der Waals surface area contributed by atoms with Crippen LogP contribution in [0, 0.1) is 0 Å². The van der Waals surface area contributed by atoms with E-state index in [1.165, 1.54) is 35.9 Å². The molecule has 156 valence electrons. The second-order valence-corrected chi connectivity index (χ2v) is 8.43. The molecule has 2 unspecified atom stereocenters. The van der Waals surface area contributed by atoms with Crippen LogP contribution in [0.3, 0.4) is 0 Å². The highest BCUT2D eigenvalue weighted by atomic mass is 127. The second-order valence-electron chi connectivity index (χ2n) is 7.32. The molecule has 1 saturated heterocycles. The highest BCUT2D eigenvalue weighted by Gasteiger charge is 2.17. The number of fused-ring (bicyclic) bond motifs is 1. The molecule has 0 bridgehead atoms. The van der Waals surface area contributed by atoms with Gasteiger partial charge in [-0.2, -0.15) is 0 Å². The van der Waals surface area contributed by atoms with E-state index in [9.17, 15) is 5.11 Å². The fourth-order valence-corrected chi connectivity index (χ4v) is 4.71. The van der Waals surface area contributed by atoms with E-state index in [1.807, 2.05) is 12.1 Å². The number of rotatable bonds is 7. The van der Waals surface area contributed by atoms with Crippen molar-refractivity contribution in [3.63, 3.8) is 0 Å². The van der Waals surface area contributed by atoms with E-state index in [1.54, 1.807) is 18.4 Å². The number of nitrogens with one attached hydrogen (secondary N) is 2. The molecule has 0 saturated carbocycles. The quantitative estimate of drug-likeness (QED) is 0.226. The number of halogens is 1. The van der Waals surface area contributed by atoms with Gasteiger partial charge in [0.1, 0.15) is 6.10 Å². The predicted molar refractivity (Wildman–Crippen MR) is 131 cm³/mol. The van der Waals surface area contributed by atoms with Gasteiger partial charge in [0.05, 0.1) is 0 Å². The highest BCUT2D eigenvalue weighted by molar-refractivity contribution is 14.0. The fourth-order valence-electron chi connectivity index (χ4n) is 3.66. The molecule has 5 nitrogen and oxygen atoms in total. The van der Waals surface area contributed by atoms with Crippen LogP contribution in [0.1, 0.15) is 43.6 Å². The molecule has 1 fully saturated rings. The Morgan fingerprint density at radius 2 is 2.14 bits per heavy atom. The van der Waals surface area contributed by atoms with Crippen LogP contribution < -0.4 is 10.6 Å². The largest absolute Gasteiger partial charge is 0.386 e. The highest BCUT2D eigenvalue weighted by Crippen LogP contribution is 2.29. The maximum Gasteiger partial charge on any atom is 0.191 e. The number of hydrogen-bond acceptors (Lipinski definition) is 4. The van der Waals surface area contributed by atoms with Crippen molar-refractivity contribution in [2.24, 2.45) is 4.99 Å². The minimum Gasteiger partial charge on any atom is -0.386 e. The zero-order chi connectivity index (χ0) is 19.1. The van der Waals surface area contributed by atoms with Crippen LogP contribution in [0.5, 0.6) is 0 Å². The van der Waals surface area contributed by atoms with Gasteiger partial charge in [0.25, 0.3) is 0 Å². The Morgan fingerprint density at radius 1 is 1.32 bits per heavy atom. The average molecular weight is 516 g/mol. The minimum absolute atomic E-state index is 0. The van der Waals surface area contributed by atoms with Gasteiger partial charge in [0, 0.05) is 42.3 Å². The lowest BCUT2D eigenvalue weighted by Gasteiger charge is -2.33. The molecule has 0 spiro atoms. The first-order valence-electron chi connectivity index (χ1n) is 10.0. The molecule has 1 aromatic carbocycles. The predicted octanol–water partition coefficient (Wildman–Crippen LogP) is 3.98. The van der Waals surface area contributed by atoms with Crippen molar-refractivity contribution in [3.05, 3.63) is 35.2 Å². The Balaban J connectivity index is 0.00000280. The Hall–Kier alpha value is -0.900. The Kier molecular flexibility index (Phi) is 9.98. The number of guanidine groups is 1. The van der Waals surface area contributed by atoms with Crippen LogP contribution in [-0.2, 0) is 0 Å². The number of likely N-dealkylation sites (tertiary alicyclic amines) is 1. The van der Waals surface area contributed by atoms with E-state index in [4.69, 9.17) is 0 Å². The summed E-state index contributed by atoms with van der Waals surface area (Å²) in [5.41, 5.74) is 0. The molecule has 7 heteroatoms. The lowest BCUT2D eigenvalue weighted by Crippen LogP contribution is -2.42. The number of thiophene rings is 1. The summed E-state index contributed by atoms with van der Waals surface area (Å²) >= 11 is 1.65. The summed E-state index contributed by atoms with van der Waals surface area (Å²) in [4.78, 5) is 7.84. The zero-order valence-corrected chi connectivity index (χ0v) is 20.0. The van der Waals surface area contributed by atoms with Crippen LogP contribution in [0.2, 0.25) is 0 Å². The zero-order valence-electron chi connectivity index (χ0n) is 16.9. The molecule has 0 amide bonds. The van der Waals surface area contributed by atoms with Gasteiger partial charge in [-0.15, -0.1) is 35.3 Å². The summed E-state index contributed by atoms with van der Waals surface area (Å²) in [5.74, 6) is 0.752. The van der Waals surface area contributed by atoms with Crippen molar-refractivity contribution < 1.29 is 5.11 Å². The summed E-state index contributed by atoms with van der Waals surface area (Å²) in [5, 5.41) is 18.3. The molecule has 0 radical (unpaired) electrons. The van der Waals surface area contributed by atoms with E-state index in [2.05, 4.69) is 45.6 Å². The molecule has 0 aliphatic carbocycles. The summed E-state index contributed by atoms with van der Waals surface area (Å²) < 4.78 is 1.21. The molecular weight excluding hydrogens is 483 g/mol. The van der Waals surface area contributed by atoms with E-state index in [0.717, 1.165) is 30.3 Å². The maximum absolute atomic E-state index is 10.5. The van der Waals surface area contributed by atoms with E-state index >= 15 is 0 Å². The third-order valence-electron chi connectivity index (χ3n) is 5.31. The van der Waals surface area contributed by atoms with Crippen molar-refractivity contribution in [1.29, 1.82) is 0 Å². The number of aliphatic hydroxyl groups is 1. The summed E-state index contributed by atoms with van der Waals surface area (Å²) in [6.45, 7) is 6.05. The first-order valence-corrected chi connectivity index (χ1v) is 10.8. The molecule has 2 atom stereocenters. The van der Waals surface area contributed by atoms with Gasteiger partial charge in [0.15, 0.2) is 5.96 Å². The maximum atomic E-state index is 10.5. The van der Waals surface area contributed by atoms with Crippen molar-refractivity contribution >= 4 is 51.4 Å². The minimum atomic E-state index is -0.532. The Morgan fingerprint density at radius 3 is 2.89 bits per heavy atom. The van der Waals surface area contributed by atoms with Gasteiger partial charge in [0.2, 0.25) is 0 Å². The lowest BCUT2D eigenvalue weighted by molar-refractivity contribution is 0.159. The molecular formula is C21H33IN4OS. The normalized spacial score (nSPS) is 19.2. The number of hydrogen-bond donors (Lipinski definition) is 3. The molecule has 28 heavy (non-hydrogen) atoms. The molecule has 2 aromatic rings. The standard InChI is InChI=1S/C21H32N4OS.HI/c1-16-8-5-6-12-25(16)13-7-11-23-21(22-2)24-15-18(26)20-14-17-9-3-4-10-19(17)27-20;/h3-4,9-10,14,16,18,26H,5-8,11-13,15H2,1-2H3,(H2,22,23,24);1H. The van der Waals surface area contributed by atoms with E-state index in [-0.39, 0.29) is 24.0 Å². The molecule has 1 aliphatic rings. The number of aliphatic imine (C=N–C) groups is 1. The Bertz CT molecular complexity index is 718. The number of benzene rings is 1. The van der Waals surface area contributed by atoms with Crippen LogP contribution in [0.25, 0.3) is 10.1 Å². The van der Waals surface area contributed by atoms with E-state index in [0.29, 0.717) is 12.6 Å². The summed E-state index contributed by atoms with van der Waals surface area (Å²) in [6.07, 6.45) is 4.59. The van der Waals surface area contributed by atoms with Gasteiger partial charge < -0.3 is 20.6 Å². The average Bonchev–Trinajstić information content (AvgIpc) is 3.13. The van der Waals surface area contributed by atoms with Gasteiger partial charge >= 0.3 is 0 Å². The van der Waals surface area contributed by atoms with Gasteiger partial charge in [-0.3, -0.25) is 4.99 Å². The molecule has 3 rings (SSSR count). The molecule has 3 N–H and O–H groups in total. The van der Waals surface area contributed by atoms with Crippen molar-refractivity contribution in [3.8, 4) is 0 Å². The van der Waals surface area contributed by atoms with Crippen LogP contribution in [0.4, 0.5) is 0 Å². The van der Waals surface area contributed by atoms with Crippen molar-refractivity contribution in [2.75, 3.05) is 33.2 Å². The smallest absolute Gasteiger partial charge is 0.191 e. The topological polar surface area (TPSA) is 59.9 Å². The monoisotopic (exact) mass is 516 g/mol. The number of piperidine rings is 1. The van der Waals surface area contributed by atoms with Gasteiger partial charge in [-0.25, -0.2) is 0 Å². The Labute approximate surface area is 189 Å². The number of aliphatic hydroxyl groups excluding tert-OH is 1. The van der Waals surface area contributed by atoms with Crippen molar-refractivity contribution in [1.82, 2.24) is 15.5 Å². The van der Waals surface area contributed by atoms with Crippen LogP contribution in [0.15, 0.2) is 35.3 Å². The third-order valence-corrected chi connectivity index (χ3v) is 6.53. The van der Waals surface area contributed by atoms with Gasteiger partial charge in [-0.05, 0) is 50.2 Å². The third kappa shape index (κ3) is 6.57. The van der Waals surface area contributed by atoms with Crippen LogP contribution in [-0.4, -0.2) is 55.2 Å². The fraction of sp³-hybridized carbons (Fsp3) is 0.571. The lowest BCUT2D eigenvalue weighted by atomic mass is 10.0. The summed E-state index contributed by atoms with van der Waals surface area (Å²) in [7, 11) is 1.77. The molecule has 2 heterocycles. The first kappa shape index (κ1) is 23.4. The number of nitrogens with zero attached hydrogens (tertiary/aromatic N) is 2. The second kappa shape index (κ2) is 11.9. The molecule has 1 aromatic heterocycles.